The van der Waals surface area contributed by atoms with Gasteiger partial charge >= 0.3 is 0 Å². The van der Waals surface area contributed by atoms with Gasteiger partial charge in [-0.2, -0.15) is 4.31 Å². The summed E-state index contributed by atoms with van der Waals surface area (Å²) < 4.78 is 26.0. The van der Waals surface area contributed by atoms with Crippen molar-refractivity contribution in [2.75, 3.05) is 13.7 Å². The first-order valence-corrected chi connectivity index (χ1v) is 7.34. The van der Waals surface area contributed by atoms with Gasteiger partial charge in [-0.25, -0.2) is 8.42 Å². The van der Waals surface area contributed by atoms with Crippen molar-refractivity contribution in [3.63, 3.8) is 0 Å². The molecule has 0 fully saturated rings. The van der Waals surface area contributed by atoms with Gasteiger partial charge in [0.2, 0.25) is 0 Å². The molecule has 0 radical (unpaired) electrons. The highest BCUT2D eigenvalue weighted by Gasteiger charge is 2.27. The lowest BCUT2D eigenvalue weighted by atomic mass is 10.4. The highest BCUT2D eigenvalue weighted by molar-refractivity contribution is 9.10. The van der Waals surface area contributed by atoms with Crippen molar-refractivity contribution in [3.8, 4) is 0 Å². The fourth-order valence-electron chi connectivity index (χ4n) is 0.947. The molecule has 1 aromatic rings. The molecule has 1 rings (SSSR count). The van der Waals surface area contributed by atoms with Crippen LogP contribution in [0.25, 0.3) is 0 Å². The van der Waals surface area contributed by atoms with Crippen LogP contribution < -0.4 is 0 Å². The summed E-state index contributed by atoms with van der Waals surface area (Å²) >= 11 is 4.34. The molecular weight excluding hydrogens is 302 g/mol. The molecule has 0 saturated heterocycles. The van der Waals surface area contributed by atoms with E-state index in [1.807, 2.05) is 0 Å². The van der Waals surface area contributed by atoms with Crippen molar-refractivity contribution in [1.82, 2.24) is 4.31 Å². The molecule has 1 N–H and O–H groups in total. The van der Waals surface area contributed by atoms with Crippen LogP contribution in [0.5, 0.6) is 0 Å². The molecule has 1 aromatic heterocycles. The van der Waals surface area contributed by atoms with Gasteiger partial charge in [0, 0.05) is 17.6 Å². The molecule has 0 aliphatic heterocycles. The second kappa shape index (κ2) is 4.92. The zero-order valence-electron chi connectivity index (χ0n) is 8.34. The van der Waals surface area contributed by atoms with Gasteiger partial charge in [-0.3, -0.25) is 0 Å². The van der Waals surface area contributed by atoms with Gasteiger partial charge in [0.25, 0.3) is 10.0 Å². The predicted molar refractivity (Wildman–Crippen MR) is 63.5 cm³/mol. The van der Waals surface area contributed by atoms with Crippen LogP contribution >= 0.6 is 27.3 Å². The molecule has 0 saturated carbocycles. The molecular formula is C8H12BrNO3S2. The molecule has 1 heterocycles. The van der Waals surface area contributed by atoms with Crippen LogP contribution in [0.2, 0.25) is 0 Å². The zero-order valence-corrected chi connectivity index (χ0v) is 11.6. The van der Waals surface area contributed by atoms with Gasteiger partial charge in [-0.1, -0.05) is 0 Å². The quantitative estimate of drug-likeness (QED) is 0.916. The maximum atomic E-state index is 12.0. The van der Waals surface area contributed by atoms with Crippen LogP contribution in [0.3, 0.4) is 0 Å². The van der Waals surface area contributed by atoms with E-state index in [1.165, 1.54) is 11.4 Å². The SMILES string of the molecule is CC(CO)N(C)S(=O)(=O)c1sccc1Br. The summed E-state index contributed by atoms with van der Waals surface area (Å²) in [4.78, 5) is 0. The van der Waals surface area contributed by atoms with Crippen LogP contribution in [0.15, 0.2) is 20.1 Å². The number of aliphatic hydroxyl groups is 1. The molecule has 0 amide bonds. The van der Waals surface area contributed by atoms with Crippen molar-refractivity contribution < 1.29 is 13.5 Å². The molecule has 4 nitrogen and oxygen atoms in total. The molecule has 0 bridgehead atoms. The summed E-state index contributed by atoms with van der Waals surface area (Å²) in [6.07, 6.45) is 0. The molecule has 86 valence electrons. The van der Waals surface area contributed by atoms with E-state index >= 15 is 0 Å². The minimum absolute atomic E-state index is 0.196. The molecule has 7 heteroatoms. The van der Waals surface area contributed by atoms with Crippen LogP contribution in [-0.2, 0) is 10.0 Å². The largest absolute Gasteiger partial charge is 0.395 e. The summed E-state index contributed by atoms with van der Waals surface area (Å²) in [5, 5.41) is 10.6. The van der Waals surface area contributed by atoms with Crippen molar-refractivity contribution >= 4 is 37.3 Å². The maximum absolute atomic E-state index is 12.0. The van der Waals surface area contributed by atoms with Gasteiger partial charge in [0.15, 0.2) is 0 Å². The van der Waals surface area contributed by atoms with Gasteiger partial charge in [-0.05, 0) is 34.3 Å². The van der Waals surface area contributed by atoms with E-state index in [4.69, 9.17) is 5.11 Å². The Morgan fingerprint density at radius 3 is 2.67 bits per heavy atom. The molecule has 1 unspecified atom stereocenters. The Morgan fingerprint density at radius 1 is 1.67 bits per heavy atom. The zero-order chi connectivity index (χ0) is 11.6. The van der Waals surface area contributed by atoms with E-state index in [-0.39, 0.29) is 10.8 Å². The summed E-state index contributed by atoms with van der Waals surface area (Å²) in [5.41, 5.74) is 0. The third-order valence-corrected chi connectivity index (χ3v) is 6.70. The second-order valence-electron chi connectivity index (χ2n) is 3.11. The normalized spacial score (nSPS) is 14.5. The van der Waals surface area contributed by atoms with Crippen molar-refractivity contribution in [1.29, 1.82) is 0 Å². The van der Waals surface area contributed by atoms with Gasteiger partial charge < -0.3 is 5.11 Å². The number of rotatable bonds is 4. The first-order valence-electron chi connectivity index (χ1n) is 4.23. The molecule has 0 aliphatic carbocycles. The smallest absolute Gasteiger partial charge is 0.253 e. The van der Waals surface area contributed by atoms with E-state index in [0.717, 1.165) is 11.3 Å². The van der Waals surface area contributed by atoms with E-state index in [0.29, 0.717) is 4.47 Å². The van der Waals surface area contributed by atoms with Crippen LogP contribution in [-0.4, -0.2) is 37.5 Å². The molecule has 15 heavy (non-hydrogen) atoms. The summed E-state index contributed by atoms with van der Waals surface area (Å²) in [7, 11) is -2.03. The van der Waals surface area contributed by atoms with Gasteiger partial charge in [0.1, 0.15) is 4.21 Å². The van der Waals surface area contributed by atoms with Crippen LogP contribution in [0.4, 0.5) is 0 Å². The maximum Gasteiger partial charge on any atom is 0.253 e. The lowest BCUT2D eigenvalue weighted by Crippen LogP contribution is -2.37. The Kier molecular flexibility index (Phi) is 4.30. The van der Waals surface area contributed by atoms with E-state index in [9.17, 15) is 8.42 Å². The first-order chi connectivity index (χ1) is 6.91. The number of likely N-dealkylation sites (N-methyl/N-ethyl adjacent to an activating group) is 1. The van der Waals surface area contributed by atoms with Gasteiger partial charge in [-0.15, -0.1) is 11.3 Å². The molecule has 1 atom stereocenters. The van der Waals surface area contributed by atoms with Crippen molar-refractivity contribution in [3.05, 3.63) is 15.9 Å². The third kappa shape index (κ3) is 2.59. The standard InChI is InChI=1S/C8H12BrNO3S2/c1-6(5-11)10(2)15(12,13)8-7(9)3-4-14-8/h3-4,6,11H,5H2,1-2H3. The topological polar surface area (TPSA) is 57.6 Å². The number of halogens is 1. The molecule has 0 aromatic carbocycles. The summed E-state index contributed by atoms with van der Waals surface area (Å²) in [6.45, 7) is 1.46. The number of thiophene rings is 1. The van der Waals surface area contributed by atoms with Crippen LogP contribution in [0, 0.1) is 0 Å². The first kappa shape index (κ1) is 13.1. The minimum Gasteiger partial charge on any atom is -0.395 e. The summed E-state index contributed by atoms with van der Waals surface area (Å²) in [6, 6.07) is 1.26. The lowest BCUT2D eigenvalue weighted by Gasteiger charge is -2.21. The Balaban J connectivity index is 3.09. The van der Waals surface area contributed by atoms with Crippen LogP contribution in [0.1, 0.15) is 6.92 Å². The number of hydrogen-bond donors (Lipinski definition) is 1. The highest BCUT2D eigenvalue weighted by Crippen LogP contribution is 2.30. The predicted octanol–water partition coefficient (Wildman–Crippen LogP) is 1.51. The summed E-state index contributed by atoms with van der Waals surface area (Å²) in [5.74, 6) is 0. The average molecular weight is 314 g/mol. The fourth-order valence-corrected chi connectivity index (χ4v) is 4.78. The van der Waals surface area contributed by atoms with E-state index in [2.05, 4.69) is 15.9 Å². The lowest BCUT2D eigenvalue weighted by molar-refractivity contribution is 0.214. The van der Waals surface area contributed by atoms with E-state index in [1.54, 1.807) is 18.4 Å². The Labute approximate surface area is 102 Å². The van der Waals surface area contributed by atoms with Gasteiger partial charge in [0.05, 0.1) is 6.61 Å². The molecule has 0 aliphatic rings. The number of aliphatic hydroxyl groups excluding tert-OH is 1. The Bertz CT molecular complexity index is 429. The Hall–Kier alpha value is 0.0500. The minimum atomic E-state index is -3.49. The van der Waals surface area contributed by atoms with E-state index < -0.39 is 16.1 Å². The van der Waals surface area contributed by atoms with Crippen molar-refractivity contribution in [2.24, 2.45) is 0 Å². The number of sulfonamides is 1. The number of hydrogen-bond acceptors (Lipinski definition) is 4. The third-order valence-electron chi connectivity index (χ3n) is 2.08. The van der Waals surface area contributed by atoms with Crippen molar-refractivity contribution in [2.45, 2.75) is 17.2 Å². The fraction of sp³-hybridized carbons (Fsp3) is 0.500. The number of nitrogens with zero attached hydrogens (tertiary/aromatic N) is 1. The monoisotopic (exact) mass is 313 g/mol. The average Bonchev–Trinajstić information content (AvgIpc) is 2.62. The molecule has 0 spiro atoms. The Morgan fingerprint density at radius 2 is 2.27 bits per heavy atom. The highest BCUT2D eigenvalue weighted by atomic mass is 79.9. The second-order valence-corrected chi connectivity index (χ2v) is 7.07.